The Balaban J connectivity index is 3.10. The Hall–Kier alpha value is -1.16. The molecule has 0 aliphatic heterocycles. The van der Waals surface area contributed by atoms with Crippen molar-refractivity contribution in [3.8, 4) is 0 Å². The maximum absolute atomic E-state index is 12.3. The fourth-order valence-electron chi connectivity index (χ4n) is 1.86. The van der Waals surface area contributed by atoms with E-state index in [-0.39, 0.29) is 5.78 Å². The smallest absolute Gasteiger partial charge is 0.180 e. The lowest BCUT2D eigenvalue weighted by atomic mass is 10.0. The summed E-state index contributed by atoms with van der Waals surface area (Å²) in [6.07, 6.45) is 0.521. The number of carbonyl (C=O) groups excluding carboxylic acids is 1. The van der Waals surface area contributed by atoms with E-state index in [9.17, 15) is 13.2 Å². The van der Waals surface area contributed by atoms with Gasteiger partial charge in [0.2, 0.25) is 0 Å². The minimum absolute atomic E-state index is 0.316. The highest BCUT2D eigenvalue weighted by atomic mass is 32.2. The molecule has 2 unspecified atom stereocenters. The van der Waals surface area contributed by atoms with Gasteiger partial charge in [0.25, 0.3) is 0 Å². The van der Waals surface area contributed by atoms with E-state index in [0.717, 1.165) is 11.1 Å². The lowest BCUT2D eigenvalue weighted by Gasteiger charge is -2.17. The maximum Gasteiger partial charge on any atom is 0.180 e. The van der Waals surface area contributed by atoms with Crippen LogP contribution in [0.2, 0.25) is 0 Å². The molecule has 0 saturated heterocycles. The van der Waals surface area contributed by atoms with Crippen LogP contribution in [0.25, 0.3) is 0 Å². The van der Waals surface area contributed by atoms with Gasteiger partial charge in [-0.15, -0.1) is 0 Å². The number of benzene rings is 1. The molecule has 1 rings (SSSR count). The molecule has 19 heavy (non-hydrogen) atoms. The van der Waals surface area contributed by atoms with Crippen LogP contribution in [0.1, 0.15) is 48.7 Å². The Bertz CT molecular complexity index is 573. The van der Waals surface area contributed by atoms with Crippen molar-refractivity contribution in [2.24, 2.45) is 0 Å². The first-order valence-electron chi connectivity index (χ1n) is 6.56. The van der Waals surface area contributed by atoms with Gasteiger partial charge in [0.15, 0.2) is 15.6 Å². The summed E-state index contributed by atoms with van der Waals surface area (Å²) >= 11 is 0. The number of carbonyl (C=O) groups is 1. The van der Waals surface area contributed by atoms with Crippen LogP contribution in [0.15, 0.2) is 18.2 Å². The number of sulfone groups is 1. The first-order chi connectivity index (χ1) is 8.71. The molecule has 1 aromatic carbocycles. The Labute approximate surface area is 116 Å². The van der Waals surface area contributed by atoms with Crippen molar-refractivity contribution in [2.45, 2.75) is 51.5 Å². The van der Waals surface area contributed by atoms with Gasteiger partial charge in [-0.1, -0.05) is 19.1 Å². The van der Waals surface area contributed by atoms with E-state index in [0.29, 0.717) is 12.0 Å². The molecule has 0 amide bonds. The highest BCUT2D eigenvalue weighted by molar-refractivity contribution is 7.93. The third-order valence-corrected chi connectivity index (χ3v) is 6.44. The quantitative estimate of drug-likeness (QED) is 0.780. The van der Waals surface area contributed by atoms with Crippen molar-refractivity contribution in [3.05, 3.63) is 34.9 Å². The van der Waals surface area contributed by atoms with Crippen LogP contribution < -0.4 is 0 Å². The van der Waals surface area contributed by atoms with Crippen LogP contribution in [0.5, 0.6) is 0 Å². The van der Waals surface area contributed by atoms with Crippen LogP contribution in [-0.4, -0.2) is 24.7 Å². The van der Waals surface area contributed by atoms with Crippen molar-refractivity contribution in [2.75, 3.05) is 0 Å². The van der Waals surface area contributed by atoms with Gasteiger partial charge < -0.3 is 0 Å². The molecule has 0 spiro atoms. The van der Waals surface area contributed by atoms with Gasteiger partial charge in [-0.05, 0) is 51.3 Å². The molecule has 0 aromatic heterocycles. The number of hydrogen-bond donors (Lipinski definition) is 0. The van der Waals surface area contributed by atoms with E-state index < -0.39 is 20.3 Å². The highest BCUT2D eigenvalue weighted by Gasteiger charge is 2.32. The number of hydrogen-bond acceptors (Lipinski definition) is 3. The highest BCUT2D eigenvalue weighted by Crippen LogP contribution is 2.18. The van der Waals surface area contributed by atoms with Crippen molar-refractivity contribution in [3.63, 3.8) is 0 Å². The van der Waals surface area contributed by atoms with E-state index in [1.165, 1.54) is 6.92 Å². The number of aryl methyl sites for hydroxylation is 2. The minimum Gasteiger partial charge on any atom is -0.293 e. The number of Topliss-reactive ketones (excluding diaryl/α,β-unsaturated/α-hetero) is 1. The summed E-state index contributed by atoms with van der Waals surface area (Å²) in [5.74, 6) is -0.316. The molecular formula is C15H22O3S. The van der Waals surface area contributed by atoms with Gasteiger partial charge >= 0.3 is 0 Å². The molecule has 3 nitrogen and oxygen atoms in total. The second kappa shape index (κ2) is 5.87. The normalized spacial score (nSPS) is 15.0. The predicted octanol–water partition coefficient (Wildman–Crippen LogP) is 3.09. The topological polar surface area (TPSA) is 51.2 Å². The summed E-state index contributed by atoms with van der Waals surface area (Å²) < 4.78 is 24.4. The zero-order chi connectivity index (χ0) is 14.8. The van der Waals surface area contributed by atoms with Crippen molar-refractivity contribution in [1.82, 2.24) is 0 Å². The first kappa shape index (κ1) is 15.9. The molecule has 0 fully saturated rings. The minimum atomic E-state index is -3.41. The average Bonchev–Trinajstić information content (AvgIpc) is 2.38. The third kappa shape index (κ3) is 3.24. The van der Waals surface area contributed by atoms with Crippen molar-refractivity contribution < 1.29 is 13.2 Å². The molecule has 106 valence electrons. The van der Waals surface area contributed by atoms with Crippen LogP contribution in [-0.2, 0) is 9.84 Å². The van der Waals surface area contributed by atoms with Crippen LogP contribution in [0.4, 0.5) is 0 Å². The molecule has 0 N–H and O–H groups in total. The molecule has 2 atom stereocenters. The number of ketones is 1. The maximum atomic E-state index is 12.3. The Kier molecular flexibility index (Phi) is 4.91. The fourth-order valence-corrected chi connectivity index (χ4v) is 3.46. The Morgan fingerprint density at radius 2 is 1.74 bits per heavy atom. The number of rotatable bonds is 5. The van der Waals surface area contributed by atoms with Crippen LogP contribution in [0.3, 0.4) is 0 Å². The first-order valence-corrected chi connectivity index (χ1v) is 8.17. The molecule has 4 heteroatoms. The standard InChI is InChI=1S/C15H22O3S/c1-6-12(4)19(17,18)13(5)15(16)14-8-7-10(2)11(3)9-14/h7-9,12-13H,6H2,1-5H3. The van der Waals surface area contributed by atoms with Gasteiger partial charge in [-0.2, -0.15) is 0 Å². The summed E-state index contributed by atoms with van der Waals surface area (Å²) in [5.41, 5.74) is 2.57. The monoisotopic (exact) mass is 282 g/mol. The largest absolute Gasteiger partial charge is 0.293 e. The lowest BCUT2D eigenvalue weighted by molar-refractivity contribution is 0.0991. The molecule has 0 aliphatic carbocycles. The lowest BCUT2D eigenvalue weighted by Crippen LogP contribution is -2.34. The van der Waals surface area contributed by atoms with E-state index in [1.54, 1.807) is 19.1 Å². The van der Waals surface area contributed by atoms with Crippen LogP contribution >= 0.6 is 0 Å². The summed E-state index contributed by atoms with van der Waals surface area (Å²) in [4.78, 5) is 12.3. The summed E-state index contributed by atoms with van der Waals surface area (Å²) in [6.45, 7) is 8.83. The zero-order valence-electron chi connectivity index (χ0n) is 12.2. The second-order valence-corrected chi connectivity index (χ2v) is 7.80. The molecule has 0 aliphatic rings. The Morgan fingerprint density at radius 3 is 2.21 bits per heavy atom. The molecule has 1 aromatic rings. The van der Waals surface area contributed by atoms with Gasteiger partial charge in [0.1, 0.15) is 5.25 Å². The zero-order valence-corrected chi connectivity index (χ0v) is 13.0. The van der Waals surface area contributed by atoms with E-state index in [4.69, 9.17) is 0 Å². The van der Waals surface area contributed by atoms with Crippen molar-refractivity contribution in [1.29, 1.82) is 0 Å². The molecule has 0 saturated carbocycles. The second-order valence-electron chi connectivity index (χ2n) is 5.11. The van der Waals surface area contributed by atoms with Crippen molar-refractivity contribution >= 4 is 15.6 Å². The van der Waals surface area contributed by atoms with Crippen LogP contribution in [0, 0.1) is 13.8 Å². The Morgan fingerprint density at radius 1 is 1.16 bits per heavy atom. The average molecular weight is 282 g/mol. The summed E-state index contributed by atoms with van der Waals surface area (Å²) in [7, 11) is -3.41. The van der Waals surface area contributed by atoms with E-state index >= 15 is 0 Å². The van der Waals surface area contributed by atoms with Gasteiger partial charge in [-0.3, -0.25) is 4.79 Å². The molecular weight excluding hydrogens is 260 g/mol. The summed E-state index contributed by atoms with van der Waals surface area (Å²) in [6, 6.07) is 5.32. The third-order valence-electron chi connectivity index (χ3n) is 3.79. The summed E-state index contributed by atoms with van der Waals surface area (Å²) in [5, 5.41) is -1.47. The SMILES string of the molecule is CCC(C)S(=O)(=O)C(C)C(=O)c1ccc(C)c(C)c1. The van der Waals surface area contributed by atoms with Gasteiger partial charge in [0.05, 0.1) is 5.25 Å². The van der Waals surface area contributed by atoms with Gasteiger partial charge in [-0.25, -0.2) is 8.42 Å². The van der Waals surface area contributed by atoms with E-state index in [2.05, 4.69) is 0 Å². The predicted molar refractivity (Wildman–Crippen MR) is 78.4 cm³/mol. The molecule has 0 bridgehead atoms. The molecule has 0 radical (unpaired) electrons. The van der Waals surface area contributed by atoms with Gasteiger partial charge in [0, 0.05) is 5.56 Å². The fraction of sp³-hybridized carbons (Fsp3) is 0.533. The molecule has 0 heterocycles. The van der Waals surface area contributed by atoms with E-state index in [1.807, 2.05) is 26.8 Å².